The fourth-order valence-corrected chi connectivity index (χ4v) is 4.72. The number of likely N-dealkylation sites (N-methyl/N-ethyl adjacent to an activating group) is 1. The van der Waals surface area contributed by atoms with Crippen LogP contribution in [-0.4, -0.2) is 67.9 Å². The van der Waals surface area contributed by atoms with Crippen LogP contribution in [0.25, 0.3) is 0 Å². The number of hydrogen-bond donors (Lipinski definition) is 0. The summed E-state index contributed by atoms with van der Waals surface area (Å²) in [6, 6.07) is 0.400. The molecule has 0 bridgehead atoms. The van der Waals surface area contributed by atoms with E-state index in [1.165, 1.54) is 0 Å². The fourth-order valence-electron chi connectivity index (χ4n) is 4.72. The first-order valence-corrected chi connectivity index (χ1v) is 10.3. The highest BCUT2D eigenvalue weighted by molar-refractivity contribution is 5.77. The van der Waals surface area contributed by atoms with E-state index >= 15 is 0 Å². The number of carbonyl (C=O) groups excluding carboxylic acids is 2. The van der Waals surface area contributed by atoms with Gasteiger partial charge in [-0.05, 0) is 38.8 Å². The van der Waals surface area contributed by atoms with Crippen molar-refractivity contribution in [2.75, 3.05) is 27.7 Å². The molecule has 6 atom stereocenters. The zero-order chi connectivity index (χ0) is 19.9. The molecule has 26 heavy (non-hydrogen) atoms. The molecule has 0 aromatic heterocycles. The highest BCUT2D eigenvalue weighted by Crippen LogP contribution is 2.32. The maximum absolute atomic E-state index is 13.1. The summed E-state index contributed by atoms with van der Waals surface area (Å²) >= 11 is 0. The third-order valence-corrected chi connectivity index (χ3v) is 6.36. The van der Waals surface area contributed by atoms with Crippen molar-refractivity contribution in [1.29, 1.82) is 0 Å². The average molecular weight is 369 g/mol. The van der Waals surface area contributed by atoms with Crippen molar-refractivity contribution in [3.8, 4) is 0 Å². The first kappa shape index (κ1) is 23.1. The Labute approximate surface area is 160 Å². The van der Waals surface area contributed by atoms with Gasteiger partial charge in [-0.1, -0.05) is 40.5 Å². The Kier molecular flexibility index (Phi) is 9.80. The van der Waals surface area contributed by atoms with Crippen LogP contribution in [0, 0.1) is 17.8 Å². The van der Waals surface area contributed by atoms with E-state index in [2.05, 4.69) is 39.8 Å². The van der Waals surface area contributed by atoms with Crippen molar-refractivity contribution in [2.24, 2.45) is 17.8 Å². The Morgan fingerprint density at radius 1 is 1.27 bits per heavy atom. The molecule has 0 aromatic rings. The average Bonchev–Trinajstić information content (AvgIpc) is 3.10. The van der Waals surface area contributed by atoms with Gasteiger partial charge in [-0.15, -0.1) is 0 Å². The molecule has 0 aromatic carbocycles. The number of likely N-dealkylation sites (tertiary alicyclic amines) is 1. The van der Waals surface area contributed by atoms with Gasteiger partial charge in [0.25, 0.3) is 0 Å². The fraction of sp³-hybridized carbons (Fsp3) is 0.905. The van der Waals surface area contributed by atoms with E-state index in [4.69, 9.17) is 4.74 Å². The van der Waals surface area contributed by atoms with E-state index in [0.29, 0.717) is 12.3 Å². The second-order valence-corrected chi connectivity index (χ2v) is 8.18. The summed E-state index contributed by atoms with van der Waals surface area (Å²) in [6.45, 7) is 9.30. The monoisotopic (exact) mass is 368 g/mol. The number of hydrogen-bond acceptors (Lipinski definition) is 4. The van der Waals surface area contributed by atoms with Gasteiger partial charge in [0, 0.05) is 31.7 Å². The van der Waals surface area contributed by atoms with Crippen LogP contribution in [0.3, 0.4) is 0 Å². The molecular formula is C21H40N2O3. The van der Waals surface area contributed by atoms with Crippen LogP contribution in [0.4, 0.5) is 0 Å². The van der Waals surface area contributed by atoms with Crippen molar-refractivity contribution in [1.82, 2.24) is 9.80 Å². The summed E-state index contributed by atoms with van der Waals surface area (Å²) < 4.78 is 5.77. The van der Waals surface area contributed by atoms with E-state index < -0.39 is 0 Å². The van der Waals surface area contributed by atoms with E-state index in [0.717, 1.165) is 38.5 Å². The number of rotatable bonds is 11. The van der Waals surface area contributed by atoms with Crippen LogP contribution in [0.1, 0.15) is 59.8 Å². The summed E-state index contributed by atoms with van der Waals surface area (Å²) in [5, 5.41) is 0. The quantitative estimate of drug-likeness (QED) is 0.526. The molecule has 1 aliphatic rings. The first-order chi connectivity index (χ1) is 12.3. The third-order valence-electron chi connectivity index (χ3n) is 6.36. The summed E-state index contributed by atoms with van der Waals surface area (Å²) in [6.07, 6.45) is 5.34. The Bertz CT molecular complexity index is 441. The lowest BCUT2D eigenvalue weighted by Gasteiger charge is -2.38. The minimum absolute atomic E-state index is 0.00809. The second kappa shape index (κ2) is 11.0. The molecule has 5 heteroatoms. The van der Waals surface area contributed by atoms with Crippen molar-refractivity contribution >= 4 is 12.2 Å². The second-order valence-electron chi connectivity index (χ2n) is 8.18. The summed E-state index contributed by atoms with van der Waals surface area (Å²) in [4.78, 5) is 28.7. The van der Waals surface area contributed by atoms with Crippen LogP contribution < -0.4 is 0 Å². The highest BCUT2D eigenvalue weighted by Gasteiger charge is 2.38. The standard InChI is InChI=1S/C21H40N2O3/c1-8-15(3)21(22(5)6)19(26-7)13-20(25)23-12-10-11-18(23)17(9-2)16(4)14-24/h14-19,21H,8-13H2,1-7H3. The van der Waals surface area contributed by atoms with Crippen molar-refractivity contribution in [3.05, 3.63) is 0 Å². The van der Waals surface area contributed by atoms with Crippen LogP contribution in [-0.2, 0) is 14.3 Å². The van der Waals surface area contributed by atoms with Crippen LogP contribution in [0.15, 0.2) is 0 Å². The van der Waals surface area contributed by atoms with Crippen molar-refractivity contribution < 1.29 is 14.3 Å². The molecule has 152 valence electrons. The summed E-state index contributed by atoms with van der Waals surface area (Å²) in [5.41, 5.74) is 0. The lowest BCUT2D eigenvalue weighted by molar-refractivity contribution is -0.138. The van der Waals surface area contributed by atoms with Crippen molar-refractivity contribution in [2.45, 2.75) is 78.0 Å². The normalized spacial score (nSPS) is 23.5. The number of methoxy groups -OCH3 is 1. The van der Waals surface area contributed by atoms with Gasteiger partial charge in [0.2, 0.25) is 5.91 Å². The Hall–Kier alpha value is -0.940. The SMILES string of the molecule is CCC(C)C(C(CC(=O)N1CCCC1C(CC)C(C)C=O)OC)N(C)C. The van der Waals surface area contributed by atoms with Gasteiger partial charge in [0.05, 0.1) is 12.5 Å². The summed E-state index contributed by atoms with van der Waals surface area (Å²) in [5.74, 6) is 0.868. The molecule has 1 aliphatic heterocycles. The number of aldehydes is 1. The minimum Gasteiger partial charge on any atom is -0.379 e. The number of ether oxygens (including phenoxy) is 1. The molecule has 0 saturated carbocycles. The van der Waals surface area contributed by atoms with Gasteiger partial charge in [0.1, 0.15) is 6.29 Å². The molecule has 1 heterocycles. The molecule has 5 nitrogen and oxygen atoms in total. The van der Waals surface area contributed by atoms with Crippen LogP contribution >= 0.6 is 0 Å². The molecule has 0 radical (unpaired) electrons. The third kappa shape index (κ3) is 5.53. The molecule has 6 unspecified atom stereocenters. The molecular weight excluding hydrogens is 328 g/mol. The molecule has 1 fully saturated rings. The Balaban J connectivity index is 2.90. The number of nitrogens with zero attached hydrogens (tertiary/aromatic N) is 2. The predicted octanol–water partition coefficient (Wildman–Crippen LogP) is 3.22. The maximum atomic E-state index is 13.1. The lowest BCUT2D eigenvalue weighted by atomic mass is 9.84. The minimum atomic E-state index is -0.114. The Morgan fingerprint density at radius 2 is 1.92 bits per heavy atom. The van der Waals surface area contributed by atoms with E-state index in [9.17, 15) is 9.59 Å². The Morgan fingerprint density at radius 3 is 2.38 bits per heavy atom. The van der Waals surface area contributed by atoms with Gasteiger partial charge in [-0.2, -0.15) is 0 Å². The smallest absolute Gasteiger partial charge is 0.225 e. The number of amides is 1. The van der Waals surface area contributed by atoms with Gasteiger partial charge in [0.15, 0.2) is 0 Å². The van der Waals surface area contributed by atoms with E-state index in [1.807, 2.05) is 11.8 Å². The lowest BCUT2D eigenvalue weighted by Crippen LogP contribution is -2.49. The maximum Gasteiger partial charge on any atom is 0.225 e. The molecule has 0 aliphatic carbocycles. The van der Waals surface area contributed by atoms with Gasteiger partial charge in [-0.3, -0.25) is 4.79 Å². The molecule has 1 rings (SSSR count). The van der Waals surface area contributed by atoms with Crippen LogP contribution in [0.5, 0.6) is 0 Å². The van der Waals surface area contributed by atoms with Gasteiger partial charge < -0.3 is 19.3 Å². The molecule has 1 saturated heterocycles. The van der Waals surface area contributed by atoms with E-state index in [1.54, 1.807) is 7.11 Å². The zero-order valence-electron chi connectivity index (χ0n) is 17.9. The van der Waals surface area contributed by atoms with Crippen LogP contribution in [0.2, 0.25) is 0 Å². The summed E-state index contributed by atoms with van der Waals surface area (Å²) in [7, 11) is 5.83. The molecule has 1 amide bonds. The molecule has 0 spiro atoms. The van der Waals surface area contributed by atoms with E-state index in [-0.39, 0.29) is 35.9 Å². The van der Waals surface area contributed by atoms with Crippen molar-refractivity contribution in [3.63, 3.8) is 0 Å². The highest BCUT2D eigenvalue weighted by atomic mass is 16.5. The van der Waals surface area contributed by atoms with Gasteiger partial charge >= 0.3 is 0 Å². The predicted molar refractivity (Wildman–Crippen MR) is 106 cm³/mol. The molecule has 0 N–H and O–H groups in total. The zero-order valence-corrected chi connectivity index (χ0v) is 17.9. The largest absolute Gasteiger partial charge is 0.379 e. The topological polar surface area (TPSA) is 49.9 Å². The van der Waals surface area contributed by atoms with Gasteiger partial charge in [-0.25, -0.2) is 0 Å². The first-order valence-electron chi connectivity index (χ1n) is 10.3. The number of carbonyl (C=O) groups is 2.